The Morgan fingerprint density at radius 2 is 1.37 bits per heavy atom. The topological polar surface area (TPSA) is 102 Å². The van der Waals surface area contributed by atoms with Gasteiger partial charge in [-0.2, -0.15) is 8.42 Å². The molecule has 0 aliphatic rings. The molecule has 2 N–H and O–H groups in total. The van der Waals surface area contributed by atoms with E-state index < -0.39 is 10.5 Å². The standard InChI is InChI=1S/C16H13Br2FN2O5S/c17-8-15(22)20-12-5-11(6-13(7-12)21-16(23)9-18)10-1-3-14(4-2-10)26-27(19,24)25/h1-7H,8-9H2,(H,20,22)(H,21,23). The molecule has 0 aromatic heterocycles. The molecule has 2 amide bonds. The summed E-state index contributed by atoms with van der Waals surface area (Å²) in [5.74, 6) is -0.735. The number of alkyl halides is 2. The monoisotopic (exact) mass is 522 g/mol. The SMILES string of the molecule is O=C(CBr)Nc1cc(NC(=O)CBr)cc(-c2ccc(OS(=O)(=O)F)cc2)c1. The van der Waals surface area contributed by atoms with Gasteiger partial charge in [-0.05, 0) is 41.5 Å². The lowest BCUT2D eigenvalue weighted by Crippen LogP contribution is -2.14. The molecule has 0 spiro atoms. The summed E-state index contributed by atoms with van der Waals surface area (Å²) in [4.78, 5) is 23.3. The van der Waals surface area contributed by atoms with E-state index in [1.54, 1.807) is 18.2 Å². The molecule has 27 heavy (non-hydrogen) atoms. The smallest absolute Gasteiger partial charge is 0.358 e. The fourth-order valence-electron chi connectivity index (χ4n) is 2.15. The first-order valence-corrected chi connectivity index (χ1v) is 10.9. The molecule has 0 atom stereocenters. The van der Waals surface area contributed by atoms with Crippen molar-refractivity contribution in [1.82, 2.24) is 0 Å². The molecule has 0 fully saturated rings. The molecule has 0 aliphatic heterocycles. The predicted octanol–water partition coefficient (Wildman–Crippen LogP) is 3.61. The average molecular weight is 524 g/mol. The third-order valence-corrected chi connectivity index (χ3v) is 4.54. The highest BCUT2D eigenvalue weighted by molar-refractivity contribution is 9.09. The second-order valence-electron chi connectivity index (χ2n) is 5.16. The number of hydrogen-bond donors (Lipinski definition) is 2. The van der Waals surface area contributed by atoms with Crippen molar-refractivity contribution in [3.8, 4) is 16.9 Å². The highest BCUT2D eigenvalue weighted by atomic mass is 79.9. The summed E-state index contributed by atoms with van der Waals surface area (Å²) >= 11 is 6.11. The molecule has 11 heteroatoms. The van der Waals surface area contributed by atoms with E-state index in [0.29, 0.717) is 22.5 Å². The molecule has 7 nitrogen and oxygen atoms in total. The van der Waals surface area contributed by atoms with Crippen LogP contribution in [0.5, 0.6) is 5.75 Å². The maximum absolute atomic E-state index is 12.6. The van der Waals surface area contributed by atoms with Gasteiger partial charge in [-0.15, -0.1) is 0 Å². The number of hydrogen-bond acceptors (Lipinski definition) is 5. The van der Waals surface area contributed by atoms with Crippen LogP contribution in [0.25, 0.3) is 11.1 Å². The summed E-state index contributed by atoms with van der Waals surface area (Å²) in [6.45, 7) is 0. The summed E-state index contributed by atoms with van der Waals surface area (Å²) in [6, 6.07) is 10.5. The van der Waals surface area contributed by atoms with E-state index >= 15 is 0 Å². The minimum absolute atomic E-state index is 0.101. The molecule has 2 rings (SSSR count). The summed E-state index contributed by atoms with van der Waals surface area (Å²) in [7, 11) is -5.10. The van der Waals surface area contributed by atoms with E-state index in [4.69, 9.17) is 0 Å². The maximum atomic E-state index is 12.6. The molecule has 0 aliphatic carbocycles. The quantitative estimate of drug-likeness (QED) is 0.426. The summed E-state index contributed by atoms with van der Waals surface area (Å²) in [5, 5.41) is 5.55. The average Bonchev–Trinajstić information content (AvgIpc) is 2.60. The van der Waals surface area contributed by atoms with Gasteiger partial charge in [0.05, 0.1) is 10.7 Å². The van der Waals surface area contributed by atoms with Crippen molar-refractivity contribution in [2.24, 2.45) is 0 Å². The van der Waals surface area contributed by atoms with Crippen molar-refractivity contribution in [3.05, 3.63) is 42.5 Å². The van der Waals surface area contributed by atoms with Gasteiger partial charge >= 0.3 is 10.5 Å². The van der Waals surface area contributed by atoms with Crippen LogP contribution >= 0.6 is 31.9 Å². The molecule has 0 heterocycles. The predicted molar refractivity (Wildman–Crippen MR) is 107 cm³/mol. The van der Waals surface area contributed by atoms with E-state index in [1.807, 2.05) is 0 Å². The van der Waals surface area contributed by atoms with Gasteiger partial charge in [0.1, 0.15) is 5.75 Å². The number of halogens is 3. The molecule has 0 bridgehead atoms. The molecule has 0 saturated heterocycles. The van der Waals surface area contributed by atoms with Gasteiger partial charge in [-0.3, -0.25) is 9.59 Å². The van der Waals surface area contributed by atoms with Crippen molar-refractivity contribution in [1.29, 1.82) is 0 Å². The van der Waals surface area contributed by atoms with Crippen molar-refractivity contribution >= 4 is 65.6 Å². The van der Waals surface area contributed by atoms with Crippen LogP contribution in [0.15, 0.2) is 42.5 Å². The lowest BCUT2D eigenvalue weighted by Gasteiger charge is -2.12. The zero-order valence-electron chi connectivity index (χ0n) is 13.5. The number of rotatable bonds is 7. The van der Waals surface area contributed by atoms with E-state index in [9.17, 15) is 21.9 Å². The molecular formula is C16H13Br2FN2O5S. The lowest BCUT2D eigenvalue weighted by molar-refractivity contribution is -0.114. The van der Waals surface area contributed by atoms with Crippen LogP contribution in [0.1, 0.15) is 0 Å². The highest BCUT2D eigenvalue weighted by Gasteiger charge is 2.11. The summed E-state index contributed by atoms with van der Waals surface area (Å²) in [5.41, 5.74) is 2.16. The number of carbonyl (C=O) groups is 2. The maximum Gasteiger partial charge on any atom is 0.488 e. The molecule has 144 valence electrons. The Morgan fingerprint density at radius 3 is 1.78 bits per heavy atom. The molecule has 0 saturated carbocycles. The van der Waals surface area contributed by atoms with Crippen LogP contribution in [0.3, 0.4) is 0 Å². The Hall–Kier alpha value is -1.98. The Kier molecular flexibility index (Phi) is 7.33. The first kappa shape index (κ1) is 21.3. The van der Waals surface area contributed by atoms with Crippen LogP contribution in [0.4, 0.5) is 15.3 Å². The Balaban J connectivity index is 2.38. The number of amides is 2. The number of benzene rings is 2. The lowest BCUT2D eigenvalue weighted by atomic mass is 10.0. The molecule has 0 unspecified atom stereocenters. The number of anilines is 2. The zero-order valence-corrected chi connectivity index (χ0v) is 17.5. The van der Waals surface area contributed by atoms with Crippen LogP contribution in [-0.4, -0.2) is 30.9 Å². The summed E-state index contributed by atoms with van der Waals surface area (Å²) < 4.78 is 37.8. The second-order valence-corrected chi connectivity index (χ2v) is 7.24. The first-order valence-electron chi connectivity index (χ1n) is 7.31. The van der Waals surface area contributed by atoms with E-state index in [-0.39, 0.29) is 28.2 Å². The van der Waals surface area contributed by atoms with Gasteiger partial charge in [0.15, 0.2) is 0 Å². The van der Waals surface area contributed by atoms with Crippen LogP contribution in [0, 0.1) is 0 Å². The van der Waals surface area contributed by atoms with Crippen molar-refractivity contribution < 1.29 is 26.1 Å². The van der Waals surface area contributed by atoms with Crippen molar-refractivity contribution in [2.75, 3.05) is 21.3 Å². The third kappa shape index (κ3) is 6.92. The molecular weight excluding hydrogens is 511 g/mol. The van der Waals surface area contributed by atoms with Gasteiger partial charge in [0.25, 0.3) is 0 Å². The highest BCUT2D eigenvalue weighted by Crippen LogP contribution is 2.29. The molecule has 2 aromatic rings. The minimum Gasteiger partial charge on any atom is -0.358 e. The largest absolute Gasteiger partial charge is 0.488 e. The third-order valence-electron chi connectivity index (χ3n) is 3.13. The van der Waals surface area contributed by atoms with Gasteiger partial charge in [0.2, 0.25) is 11.8 Å². The Labute approximate surface area is 172 Å². The van der Waals surface area contributed by atoms with Crippen molar-refractivity contribution in [2.45, 2.75) is 0 Å². The second kappa shape index (κ2) is 9.29. The van der Waals surface area contributed by atoms with Gasteiger partial charge in [-0.25, -0.2) is 0 Å². The van der Waals surface area contributed by atoms with E-state index in [2.05, 4.69) is 46.7 Å². The van der Waals surface area contributed by atoms with Crippen LogP contribution in [0.2, 0.25) is 0 Å². The van der Waals surface area contributed by atoms with Crippen molar-refractivity contribution in [3.63, 3.8) is 0 Å². The first-order chi connectivity index (χ1) is 12.7. The zero-order chi connectivity index (χ0) is 20.0. The fourth-order valence-corrected chi connectivity index (χ4v) is 2.77. The van der Waals surface area contributed by atoms with E-state index in [1.165, 1.54) is 24.3 Å². The van der Waals surface area contributed by atoms with Gasteiger partial charge < -0.3 is 14.8 Å². The molecule has 2 aromatic carbocycles. The van der Waals surface area contributed by atoms with E-state index in [0.717, 1.165) is 0 Å². The molecule has 0 radical (unpaired) electrons. The van der Waals surface area contributed by atoms with Gasteiger partial charge in [0, 0.05) is 11.4 Å². The number of nitrogens with one attached hydrogen (secondary N) is 2. The van der Waals surface area contributed by atoms with Crippen LogP contribution in [-0.2, 0) is 20.1 Å². The number of carbonyl (C=O) groups excluding carboxylic acids is 2. The van der Waals surface area contributed by atoms with Gasteiger partial charge in [-0.1, -0.05) is 47.9 Å². The van der Waals surface area contributed by atoms with Crippen LogP contribution < -0.4 is 14.8 Å². The Morgan fingerprint density at radius 1 is 0.889 bits per heavy atom. The minimum atomic E-state index is -5.10. The normalized spacial score (nSPS) is 10.9. The Bertz CT molecular complexity index is 916. The summed E-state index contributed by atoms with van der Waals surface area (Å²) in [6.07, 6.45) is 0. The fraction of sp³-hybridized carbons (Fsp3) is 0.125.